The Labute approximate surface area is 153 Å². The lowest BCUT2D eigenvalue weighted by Gasteiger charge is -2.24. The monoisotopic (exact) mass is 373 g/mol. The molecule has 0 aliphatic heterocycles. The van der Waals surface area contributed by atoms with Crippen molar-refractivity contribution < 1.29 is 9.34 Å². The fourth-order valence-electron chi connectivity index (χ4n) is 2.25. The number of furan rings is 1. The lowest BCUT2D eigenvalue weighted by atomic mass is 10.3. The molecule has 6 nitrogen and oxygen atoms in total. The third kappa shape index (κ3) is 4.65. The van der Waals surface area contributed by atoms with E-state index >= 15 is 0 Å². The van der Waals surface area contributed by atoms with Gasteiger partial charge in [0.05, 0.1) is 24.3 Å². The molecule has 0 saturated heterocycles. The van der Waals surface area contributed by atoms with Crippen LogP contribution in [0.15, 0.2) is 64.6 Å². The molecular formula is C17H15N3O3S2. The third-order valence-electron chi connectivity index (χ3n) is 3.47. The molecule has 2 aromatic heterocycles. The van der Waals surface area contributed by atoms with Gasteiger partial charge in [0.2, 0.25) is 0 Å². The normalized spacial score (nSPS) is 10.4. The van der Waals surface area contributed by atoms with E-state index in [0.29, 0.717) is 23.9 Å². The zero-order chi connectivity index (χ0) is 17.6. The van der Waals surface area contributed by atoms with Gasteiger partial charge >= 0.3 is 0 Å². The Bertz CT molecular complexity index is 794. The molecule has 0 radical (unpaired) electrons. The molecule has 8 heteroatoms. The van der Waals surface area contributed by atoms with Gasteiger partial charge in [-0.2, -0.15) is 0 Å². The Kier molecular flexibility index (Phi) is 5.42. The van der Waals surface area contributed by atoms with E-state index in [9.17, 15) is 10.1 Å². The van der Waals surface area contributed by atoms with E-state index in [1.54, 1.807) is 29.7 Å². The molecule has 0 aliphatic rings. The van der Waals surface area contributed by atoms with Crippen molar-refractivity contribution in [2.75, 3.05) is 5.32 Å². The SMILES string of the molecule is O=[N+]([O-])c1ccc(NC(=S)N(Cc2ccco2)Cc2cccs2)cc1. The molecule has 128 valence electrons. The zero-order valence-corrected chi connectivity index (χ0v) is 14.8. The van der Waals surface area contributed by atoms with Crippen molar-refractivity contribution in [3.63, 3.8) is 0 Å². The average molecular weight is 373 g/mol. The second kappa shape index (κ2) is 7.91. The highest BCUT2D eigenvalue weighted by Gasteiger charge is 2.14. The van der Waals surface area contributed by atoms with E-state index in [4.69, 9.17) is 16.6 Å². The maximum Gasteiger partial charge on any atom is 0.269 e. The zero-order valence-electron chi connectivity index (χ0n) is 13.1. The number of hydrogen-bond donors (Lipinski definition) is 1. The maximum atomic E-state index is 10.7. The van der Waals surface area contributed by atoms with Crippen LogP contribution in [0.3, 0.4) is 0 Å². The minimum Gasteiger partial charge on any atom is -0.467 e. The van der Waals surface area contributed by atoms with Crippen molar-refractivity contribution in [2.45, 2.75) is 13.1 Å². The van der Waals surface area contributed by atoms with E-state index in [1.165, 1.54) is 17.0 Å². The first-order chi connectivity index (χ1) is 12.1. The number of anilines is 1. The summed E-state index contributed by atoms with van der Waals surface area (Å²) in [7, 11) is 0. The molecule has 0 amide bonds. The summed E-state index contributed by atoms with van der Waals surface area (Å²) in [5, 5.41) is 16.4. The summed E-state index contributed by atoms with van der Waals surface area (Å²) in [5.74, 6) is 0.810. The number of nitro groups is 1. The van der Waals surface area contributed by atoms with Crippen LogP contribution in [-0.4, -0.2) is 14.9 Å². The molecule has 2 heterocycles. The van der Waals surface area contributed by atoms with Gasteiger partial charge < -0.3 is 14.6 Å². The van der Waals surface area contributed by atoms with Crippen LogP contribution in [0.25, 0.3) is 0 Å². The number of nitrogens with one attached hydrogen (secondary N) is 1. The molecule has 0 saturated carbocycles. The van der Waals surface area contributed by atoms with Gasteiger partial charge in [0.25, 0.3) is 5.69 Å². The van der Waals surface area contributed by atoms with Crippen LogP contribution in [0.5, 0.6) is 0 Å². The molecule has 0 atom stereocenters. The highest BCUT2D eigenvalue weighted by atomic mass is 32.1. The van der Waals surface area contributed by atoms with Crippen molar-refractivity contribution in [1.82, 2.24) is 4.90 Å². The van der Waals surface area contributed by atoms with Crippen LogP contribution < -0.4 is 5.32 Å². The molecule has 25 heavy (non-hydrogen) atoms. The Balaban J connectivity index is 1.72. The van der Waals surface area contributed by atoms with Gasteiger partial charge in [0.1, 0.15) is 5.76 Å². The van der Waals surface area contributed by atoms with Gasteiger partial charge in [-0.15, -0.1) is 11.3 Å². The van der Waals surface area contributed by atoms with Crippen LogP contribution in [0, 0.1) is 10.1 Å². The van der Waals surface area contributed by atoms with E-state index in [2.05, 4.69) is 5.32 Å². The van der Waals surface area contributed by atoms with Crippen LogP contribution in [0.1, 0.15) is 10.6 Å². The predicted octanol–water partition coefficient (Wildman–Crippen LogP) is 4.65. The summed E-state index contributed by atoms with van der Waals surface area (Å²) < 4.78 is 5.42. The van der Waals surface area contributed by atoms with E-state index in [-0.39, 0.29) is 5.69 Å². The standard InChI is InChI=1S/C17H15N3O3S2/c21-20(22)14-7-5-13(6-8-14)18-17(24)19(11-15-3-1-9-23-15)12-16-4-2-10-25-16/h1-10H,11-12H2,(H,18,24). The molecule has 3 aromatic rings. The fourth-order valence-corrected chi connectivity index (χ4v) is 3.22. The number of benzene rings is 1. The molecule has 1 aromatic carbocycles. The second-order valence-electron chi connectivity index (χ2n) is 5.25. The minimum atomic E-state index is -0.428. The summed E-state index contributed by atoms with van der Waals surface area (Å²) in [4.78, 5) is 13.5. The number of nitrogens with zero attached hydrogens (tertiary/aromatic N) is 2. The van der Waals surface area contributed by atoms with Crippen LogP contribution >= 0.6 is 23.6 Å². The molecular weight excluding hydrogens is 358 g/mol. The third-order valence-corrected chi connectivity index (χ3v) is 4.69. The van der Waals surface area contributed by atoms with Gasteiger partial charge in [0.15, 0.2) is 5.11 Å². The Morgan fingerprint density at radius 3 is 2.60 bits per heavy atom. The summed E-state index contributed by atoms with van der Waals surface area (Å²) >= 11 is 7.19. The summed E-state index contributed by atoms with van der Waals surface area (Å²) in [5.41, 5.74) is 0.744. The molecule has 0 unspecified atom stereocenters. The number of rotatable bonds is 6. The Morgan fingerprint density at radius 2 is 2.00 bits per heavy atom. The van der Waals surface area contributed by atoms with Crippen molar-refractivity contribution in [3.05, 3.63) is 80.9 Å². The lowest BCUT2D eigenvalue weighted by Crippen LogP contribution is -2.33. The number of thiocarbonyl (C=S) groups is 1. The molecule has 0 bridgehead atoms. The van der Waals surface area contributed by atoms with Crippen molar-refractivity contribution >= 4 is 40.0 Å². The van der Waals surface area contributed by atoms with Crippen LogP contribution in [-0.2, 0) is 13.1 Å². The first-order valence-electron chi connectivity index (χ1n) is 7.47. The first-order valence-corrected chi connectivity index (χ1v) is 8.76. The Morgan fingerprint density at radius 1 is 1.20 bits per heavy atom. The number of nitro benzene ring substituents is 1. The highest BCUT2D eigenvalue weighted by molar-refractivity contribution is 7.80. The fraction of sp³-hybridized carbons (Fsp3) is 0.118. The predicted molar refractivity (Wildman–Crippen MR) is 102 cm³/mol. The smallest absolute Gasteiger partial charge is 0.269 e. The topological polar surface area (TPSA) is 71.6 Å². The Hall–Kier alpha value is -2.71. The molecule has 0 fully saturated rings. The van der Waals surface area contributed by atoms with E-state index < -0.39 is 4.92 Å². The van der Waals surface area contributed by atoms with Crippen molar-refractivity contribution in [3.8, 4) is 0 Å². The molecule has 1 N–H and O–H groups in total. The van der Waals surface area contributed by atoms with Crippen LogP contribution in [0.2, 0.25) is 0 Å². The quantitative estimate of drug-likeness (QED) is 0.385. The minimum absolute atomic E-state index is 0.0440. The van der Waals surface area contributed by atoms with E-state index in [1.807, 2.05) is 34.5 Å². The van der Waals surface area contributed by atoms with E-state index in [0.717, 1.165) is 5.76 Å². The number of thiophene rings is 1. The molecule has 3 rings (SSSR count). The maximum absolute atomic E-state index is 10.7. The largest absolute Gasteiger partial charge is 0.467 e. The van der Waals surface area contributed by atoms with Gasteiger partial charge in [-0.05, 0) is 47.9 Å². The van der Waals surface area contributed by atoms with Gasteiger partial charge in [-0.3, -0.25) is 10.1 Å². The summed E-state index contributed by atoms with van der Waals surface area (Å²) in [6.07, 6.45) is 1.63. The van der Waals surface area contributed by atoms with Gasteiger partial charge in [0, 0.05) is 22.7 Å². The van der Waals surface area contributed by atoms with Crippen LogP contribution in [0.4, 0.5) is 11.4 Å². The van der Waals surface area contributed by atoms with Gasteiger partial charge in [-0.25, -0.2) is 0 Å². The van der Waals surface area contributed by atoms with Crippen molar-refractivity contribution in [2.24, 2.45) is 0 Å². The average Bonchev–Trinajstić information content (AvgIpc) is 3.28. The summed E-state index contributed by atoms with van der Waals surface area (Å²) in [6, 6.07) is 14.0. The number of non-ortho nitro benzene ring substituents is 1. The molecule has 0 spiro atoms. The second-order valence-corrected chi connectivity index (χ2v) is 6.67. The lowest BCUT2D eigenvalue weighted by molar-refractivity contribution is -0.384. The van der Waals surface area contributed by atoms with Gasteiger partial charge in [-0.1, -0.05) is 6.07 Å². The van der Waals surface area contributed by atoms with Crippen molar-refractivity contribution in [1.29, 1.82) is 0 Å². The summed E-state index contributed by atoms with van der Waals surface area (Å²) in [6.45, 7) is 1.18. The number of hydrogen-bond acceptors (Lipinski definition) is 5. The highest BCUT2D eigenvalue weighted by Crippen LogP contribution is 2.19. The first kappa shape index (κ1) is 17.1. The molecule has 0 aliphatic carbocycles.